The summed E-state index contributed by atoms with van der Waals surface area (Å²) in [5.74, 6) is -0.280. The van der Waals surface area contributed by atoms with E-state index in [2.05, 4.69) is 39.8 Å². The monoisotopic (exact) mass is 359 g/mol. The Kier molecular flexibility index (Phi) is 6.50. The molecule has 0 bridgehead atoms. The number of piperidine rings is 1. The van der Waals surface area contributed by atoms with Crippen LogP contribution in [0.1, 0.15) is 37.3 Å². The summed E-state index contributed by atoms with van der Waals surface area (Å²) in [6.07, 6.45) is 4.52. The molecule has 6 nitrogen and oxygen atoms in total. The van der Waals surface area contributed by atoms with E-state index in [0.29, 0.717) is 19.2 Å². The van der Waals surface area contributed by atoms with Crippen molar-refractivity contribution in [3.05, 3.63) is 35.4 Å². The van der Waals surface area contributed by atoms with E-state index in [1.54, 1.807) is 6.92 Å². The zero-order valence-corrected chi connectivity index (χ0v) is 15.5. The number of nitrogens with zero attached hydrogens (tertiary/aromatic N) is 1. The Morgan fingerprint density at radius 2 is 1.96 bits per heavy atom. The second-order valence-corrected chi connectivity index (χ2v) is 7.12. The molecule has 0 radical (unpaired) electrons. The van der Waals surface area contributed by atoms with Gasteiger partial charge >= 0.3 is 12.0 Å². The first-order chi connectivity index (χ1) is 12.7. The number of hydrogen-bond acceptors (Lipinski definition) is 4. The average molecular weight is 359 g/mol. The second kappa shape index (κ2) is 9.03. The van der Waals surface area contributed by atoms with Crippen molar-refractivity contribution in [3.63, 3.8) is 0 Å². The molecule has 0 spiro atoms. The van der Waals surface area contributed by atoms with Gasteiger partial charge in [0.1, 0.15) is 0 Å². The Hall–Kier alpha value is -2.08. The third-order valence-corrected chi connectivity index (χ3v) is 5.25. The van der Waals surface area contributed by atoms with E-state index in [1.165, 1.54) is 11.1 Å². The summed E-state index contributed by atoms with van der Waals surface area (Å²) in [6, 6.07) is 9.19. The molecular formula is C20H29N3O3. The Labute approximate surface area is 155 Å². The summed E-state index contributed by atoms with van der Waals surface area (Å²) in [7, 11) is 0. The summed E-state index contributed by atoms with van der Waals surface area (Å²) >= 11 is 0. The number of carbonyl (C=O) groups excluding carboxylic acids is 2. The molecule has 1 saturated heterocycles. The number of amides is 2. The standard InChI is InChI=1S/C20H29N3O3/c1-2-26-19(24)9-10-21-20(25)22-17-8-5-11-23(14-17)18-12-15-6-3-4-7-16(15)13-18/h3-4,6-7,17-18H,2,5,8-14H2,1H3,(H2,21,22,25)/t17-/m1/s1. The minimum absolute atomic E-state index is 0.162. The molecule has 26 heavy (non-hydrogen) atoms. The molecule has 0 saturated carbocycles. The average Bonchev–Trinajstić information content (AvgIpc) is 3.06. The van der Waals surface area contributed by atoms with Crippen molar-refractivity contribution in [2.24, 2.45) is 0 Å². The fourth-order valence-corrected chi connectivity index (χ4v) is 4.00. The summed E-state index contributed by atoms with van der Waals surface area (Å²) in [5, 5.41) is 5.80. The summed E-state index contributed by atoms with van der Waals surface area (Å²) in [4.78, 5) is 25.9. The number of fused-ring (bicyclic) bond motifs is 1. The van der Waals surface area contributed by atoms with Crippen LogP contribution in [-0.2, 0) is 22.4 Å². The molecule has 0 unspecified atom stereocenters. The summed E-state index contributed by atoms with van der Waals surface area (Å²) in [5.41, 5.74) is 2.92. The van der Waals surface area contributed by atoms with E-state index in [1.807, 2.05) is 0 Å². The van der Waals surface area contributed by atoms with E-state index in [-0.39, 0.29) is 24.5 Å². The van der Waals surface area contributed by atoms with Crippen LogP contribution in [0.2, 0.25) is 0 Å². The Morgan fingerprint density at radius 1 is 1.23 bits per heavy atom. The molecule has 142 valence electrons. The van der Waals surface area contributed by atoms with Crippen LogP contribution in [0.25, 0.3) is 0 Å². The molecule has 0 aromatic heterocycles. The van der Waals surface area contributed by atoms with Gasteiger partial charge in [-0.1, -0.05) is 24.3 Å². The zero-order chi connectivity index (χ0) is 18.4. The molecule has 2 N–H and O–H groups in total. The number of esters is 1. The molecule has 2 amide bonds. The zero-order valence-electron chi connectivity index (χ0n) is 15.5. The van der Waals surface area contributed by atoms with Crippen molar-refractivity contribution in [3.8, 4) is 0 Å². The number of nitrogens with one attached hydrogen (secondary N) is 2. The van der Waals surface area contributed by atoms with Gasteiger partial charge in [-0.2, -0.15) is 0 Å². The molecule has 1 aliphatic carbocycles. The fourth-order valence-electron chi connectivity index (χ4n) is 4.00. The Bertz CT molecular complexity index is 609. The van der Waals surface area contributed by atoms with Crippen LogP contribution in [0, 0.1) is 0 Å². The van der Waals surface area contributed by atoms with Gasteiger partial charge in [-0.25, -0.2) is 4.79 Å². The van der Waals surface area contributed by atoms with Gasteiger partial charge in [0.2, 0.25) is 0 Å². The number of carbonyl (C=O) groups is 2. The lowest BCUT2D eigenvalue weighted by molar-refractivity contribution is -0.142. The topological polar surface area (TPSA) is 70.7 Å². The Balaban J connectivity index is 1.41. The molecule has 1 atom stereocenters. The number of likely N-dealkylation sites (tertiary alicyclic amines) is 1. The first kappa shape index (κ1) is 18.7. The molecule has 1 aromatic carbocycles. The van der Waals surface area contributed by atoms with Crippen LogP contribution in [-0.4, -0.2) is 55.2 Å². The van der Waals surface area contributed by atoms with E-state index in [9.17, 15) is 9.59 Å². The lowest BCUT2D eigenvalue weighted by Crippen LogP contribution is -2.53. The SMILES string of the molecule is CCOC(=O)CCNC(=O)N[C@@H]1CCCN(C2Cc3ccccc3C2)C1. The maximum Gasteiger partial charge on any atom is 0.315 e. The molecule has 2 aliphatic rings. The minimum Gasteiger partial charge on any atom is -0.466 e. The van der Waals surface area contributed by atoms with Gasteiger partial charge in [-0.3, -0.25) is 9.69 Å². The molecule has 1 aromatic rings. The molecule has 3 rings (SSSR count). The quantitative estimate of drug-likeness (QED) is 0.761. The van der Waals surface area contributed by atoms with Crippen molar-refractivity contribution in [1.82, 2.24) is 15.5 Å². The number of rotatable bonds is 6. The van der Waals surface area contributed by atoms with Gasteiger partial charge in [0, 0.05) is 25.2 Å². The minimum atomic E-state index is -0.280. The largest absolute Gasteiger partial charge is 0.466 e. The van der Waals surface area contributed by atoms with E-state index in [4.69, 9.17) is 4.74 Å². The summed E-state index contributed by atoms with van der Waals surface area (Å²) < 4.78 is 4.85. The van der Waals surface area contributed by atoms with Crippen LogP contribution in [0.4, 0.5) is 4.79 Å². The molecule has 1 heterocycles. The third kappa shape index (κ3) is 4.97. The van der Waals surface area contributed by atoms with Crippen LogP contribution in [0.5, 0.6) is 0 Å². The van der Waals surface area contributed by atoms with E-state index >= 15 is 0 Å². The number of hydrogen-bond donors (Lipinski definition) is 2. The predicted octanol–water partition coefficient (Wildman–Crippen LogP) is 1.87. The van der Waals surface area contributed by atoms with E-state index in [0.717, 1.165) is 38.8 Å². The van der Waals surface area contributed by atoms with Gasteiger partial charge in [0.05, 0.1) is 13.0 Å². The highest BCUT2D eigenvalue weighted by Crippen LogP contribution is 2.27. The molecule has 1 aliphatic heterocycles. The highest BCUT2D eigenvalue weighted by molar-refractivity contribution is 5.75. The van der Waals surface area contributed by atoms with Crippen molar-refractivity contribution in [2.45, 2.75) is 51.1 Å². The highest BCUT2D eigenvalue weighted by atomic mass is 16.5. The first-order valence-corrected chi connectivity index (χ1v) is 9.66. The maximum atomic E-state index is 12.1. The smallest absolute Gasteiger partial charge is 0.315 e. The molecular weight excluding hydrogens is 330 g/mol. The van der Waals surface area contributed by atoms with Crippen LogP contribution in [0.3, 0.4) is 0 Å². The van der Waals surface area contributed by atoms with Crippen molar-refractivity contribution in [1.29, 1.82) is 0 Å². The highest BCUT2D eigenvalue weighted by Gasteiger charge is 2.30. The molecule has 1 fully saturated rings. The van der Waals surface area contributed by atoms with Crippen LogP contribution >= 0.6 is 0 Å². The lowest BCUT2D eigenvalue weighted by atomic mass is 10.0. The van der Waals surface area contributed by atoms with Gasteiger partial charge < -0.3 is 15.4 Å². The normalized spacial score (nSPS) is 20.4. The predicted molar refractivity (Wildman–Crippen MR) is 100 cm³/mol. The van der Waals surface area contributed by atoms with Crippen LogP contribution in [0.15, 0.2) is 24.3 Å². The number of ether oxygens (including phenoxy) is 1. The second-order valence-electron chi connectivity index (χ2n) is 7.12. The third-order valence-electron chi connectivity index (χ3n) is 5.25. The van der Waals surface area contributed by atoms with Gasteiger partial charge in [0.25, 0.3) is 0 Å². The Morgan fingerprint density at radius 3 is 2.65 bits per heavy atom. The van der Waals surface area contributed by atoms with Gasteiger partial charge in [-0.15, -0.1) is 0 Å². The maximum absolute atomic E-state index is 12.1. The number of benzene rings is 1. The van der Waals surface area contributed by atoms with Gasteiger partial charge in [-0.05, 0) is 50.3 Å². The van der Waals surface area contributed by atoms with Crippen molar-refractivity contribution < 1.29 is 14.3 Å². The fraction of sp³-hybridized carbons (Fsp3) is 0.600. The summed E-state index contributed by atoms with van der Waals surface area (Å²) in [6.45, 7) is 4.44. The van der Waals surface area contributed by atoms with Crippen LogP contribution < -0.4 is 10.6 Å². The first-order valence-electron chi connectivity index (χ1n) is 9.66. The molecule has 6 heteroatoms. The van der Waals surface area contributed by atoms with E-state index < -0.39 is 0 Å². The number of urea groups is 1. The lowest BCUT2D eigenvalue weighted by Gasteiger charge is -2.37. The van der Waals surface area contributed by atoms with Crippen molar-refractivity contribution >= 4 is 12.0 Å². The van der Waals surface area contributed by atoms with Crippen molar-refractivity contribution in [2.75, 3.05) is 26.2 Å². The van der Waals surface area contributed by atoms with Gasteiger partial charge in [0.15, 0.2) is 0 Å².